The van der Waals surface area contributed by atoms with Crippen molar-refractivity contribution in [3.8, 4) is 0 Å². The molecule has 3 rings (SSSR count). The van der Waals surface area contributed by atoms with Gasteiger partial charge in [0.25, 0.3) is 0 Å². The van der Waals surface area contributed by atoms with Gasteiger partial charge in [-0.3, -0.25) is 9.48 Å². The number of carbonyl (C=O) groups is 1. The summed E-state index contributed by atoms with van der Waals surface area (Å²) < 4.78 is 2.74. The van der Waals surface area contributed by atoms with Gasteiger partial charge in [0, 0.05) is 23.6 Å². The number of hydrogen-bond acceptors (Lipinski definition) is 2. The number of aromatic nitrogens is 2. The van der Waals surface area contributed by atoms with Gasteiger partial charge in [-0.25, -0.2) is 0 Å². The number of aryl methyl sites for hydroxylation is 1. The van der Waals surface area contributed by atoms with Crippen LogP contribution < -0.4 is 5.32 Å². The fourth-order valence-corrected chi connectivity index (χ4v) is 2.55. The van der Waals surface area contributed by atoms with E-state index in [4.69, 9.17) is 0 Å². The van der Waals surface area contributed by atoms with Gasteiger partial charge in [-0.1, -0.05) is 28.1 Å². The maximum Gasteiger partial charge on any atom is 0.228 e. The van der Waals surface area contributed by atoms with Crippen LogP contribution in [0.25, 0.3) is 0 Å². The Balaban J connectivity index is 1.63. The minimum absolute atomic E-state index is 0.0842. The monoisotopic (exact) mass is 319 g/mol. The molecule has 2 aromatic rings. The minimum Gasteiger partial charge on any atom is -0.323 e. The number of anilines is 1. The number of nitrogens with one attached hydrogen (secondary N) is 1. The Bertz CT molecular complexity index is 605. The second-order valence-corrected chi connectivity index (χ2v) is 5.81. The standard InChI is InChI=1S/C14H14BrN3O/c1-18-8-11(7-16-18)17-14(19)13-6-12(13)9-2-4-10(15)5-3-9/h2-5,7-8,12-13H,6H2,1H3,(H,17,19)/t12-,13+/m0/s1. The lowest BCUT2D eigenvalue weighted by Gasteiger charge is -2.02. The fraction of sp³-hybridized carbons (Fsp3) is 0.286. The Morgan fingerprint density at radius 1 is 1.42 bits per heavy atom. The molecule has 1 aromatic heterocycles. The second-order valence-electron chi connectivity index (χ2n) is 4.89. The first-order chi connectivity index (χ1) is 9.13. The van der Waals surface area contributed by atoms with Crippen LogP contribution >= 0.6 is 15.9 Å². The van der Waals surface area contributed by atoms with Crippen LogP contribution in [0, 0.1) is 5.92 Å². The van der Waals surface area contributed by atoms with Gasteiger partial charge < -0.3 is 5.32 Å². The molecule has 0 unspecified atom stereocenters. The summed E-state index contributed by atoms with van der Waals surface area (Å²) in [6.45, 7) is 0. The smallest absolute Gasteiger partial charge is 0.228 e. The summed E-state index contributed by atoms with van der Waals surface area (Å²) in [6, 6.07) is 8.19. The number of rotatable bonds is 3. The molecule has 0 saturated heterocycles. The summed E-state index contributed by atoms with van der Waals surface area (Å²) in [7, 11) is 1.83. The Hall–Kier alpha value is -1.62. The van der Waals surface area contributed by atoms with Crippen molar-refractivity contribution in [3.63, 3.8) is 0 Å². The van der Waals surface area contributed by atoms with Crippen molar-refractivity contribution in [2.75, 3.05) is 5.32 Å². The highest BCUT2D eigenvalue weighted by Gasteiger charge is 2.43. The number of carbonyl (C=O) groups excluding carboxylic acids is 1. The maximum absolute atomic E-state index is 12.1. The van der Waals surface area contributed by atoms with Crippen LogP contribution in [0.4, 0.5) is 5.69 Å². The summed E-state index contributed by atoms with van der Waals surface area (Å²) in [5.74, 6) is 0.520. The van der Waals surface area contributed by atoms with Gasteiger partial charge in [0.15, 0.2) is 0 Å². The third-order valence-electron chi connectivity index (χ3n) is 3.40. The highest BCUT2D eigenvalue weighted by molar-refractivity contribution is 9.10. The lowest BCUT2D eigenvalue weighted by atomic mass is 10.1. The normalized spacial score (nSPS) is 21.2. The summed E-state index contributed by atoms with van der Waals surface area (Å²) in [5, 5.41) is 6.94. The van der Waals surface area contributed by atoms with Crippen molar-refractivity contribution in [1.82, 2.24) is 9.78 Å². The first-order valence-corrected chi connectivity index (χ1v) is 6.98. The molecule has 2 atom stereocenters. The predicted octanol–water partition coefficient (Wildman–Crippen LogP) is 2.92. The van der Waals surface area contributed by atoms with E-state index in [1.165, 1.54) is 5.56 Å². The van der Waals surface area contributed by atoms with Gasteiger partial charge in [0.2, 0.25) is 5.91 Å². The van der Waals surface area contributed by atoms with Crippen LogP contribution in [0.5, 0.6) is 0 Å². The topological polar surface area (TPSA) is 46.9 Å². The molecule has 5 heteroatoms. The van der Waals surface area contributed by atoms with Gasteiger partial charge in [-0.2, -0.15) is 5.10 Å². The molecule has 0 spiro atoms. The minimum atomic E-state index is 0.0842. The molecular formula is C14H14BrN3O. The molecule has 1 aromatic carbocycles. The van der Waals surface area contributed by atoms with E-state index in [2.05, 4.69) is 38.5 Å². The van der Waals surface area contributed by atoms with Crippen molar-refractivity contribution in [3.05, 3.63) is 46.7 Å². The highest BCUT2D eigenvalue weighted by atomic mass is 79.9. The van der Waals surface area contributed by atoms with Crippen molar-refractivity contribution in [1.29, 1.82) is 0 Å². The van der Waals surface area contributed by atoms with E-state index in [1.54, 1.807) is 17.1 Å². The summed E-state index contributed by atoms with van der Waals surface area (Å²) in [6.07, 6.45) is 4.39. The lowest BCUT2D eigenvalue weighted by Crippen LogP contribution is -2.14. The molecular weight excluding hydrogens is 306 g/mol. The van der Waals surface area contributed by atoms with Crippen LogP contribution in [0.15, 0.2) is 41.1 Å². The van der Waals surface area contributed by atoms with Crippen LogP contribution in [0.1, 0.15) is 17.9 Å². The lowest BCUT2D eigenvalue weighted by molar-refractivity contribution is -0.117. The maximum atomic E-state index is 12.1. The summed E-state index contributed by atoms with van der Waals surface area (Å²) in [4.78, 5) is 12.1. The molecule has 98 valence electrons. The average Bonchev–Trinajstić information content (AvgIpc) is 3.08. The number of amides is 1. The van der Waals surface area contributed by atoms with Crippen molar-refractivity contribution in [2.24, 2.45) is 13.0 Å². The zero-order valence-corrected chi connectivity index (χ0v) is 12.1. The van der Waals surface area contributed by atoms with Gasteiger partial charge in [-0.05, 0) is 30.0 Å². The van der Waals surface area contributed by atoms with E-state index < -0.39 is 0 Å². The summed E-state index contributed by atoms with van der Waals surface area (Å²) >= 11 is 3.42. The predicted molar refractivity (Wildman–Crippen MR) is 76.8 cm³/mol. The molecule has 0 radical (unpaired) electrons. The second kappa shape index (κ2) is 4.81. The third-order valence-corrected chi connectivity index (χ3v) is 3.93. The Labute approximate surface area is 119 Å². The first-order valence-electron chi connectivity index (χ1n) is 6.18. The van der Waals surface area contributed by atoms with Gasteiger partial charge in [0.05, 0.1) is 11.9 Å². The number of nitrogens with zero attached hydrogens (tertiary/aromatic N) is 2. The van der Waals surface area contributed by atoms with E-state index in [-0.39, 0.29) is 11.8 Å². The van der Waals surface area contributed by atoms with E-state index in [0.29, 0.717) is 5.92 Å². The van der Waals surface area contributed by atoms with Crippen molar-refractivity contribution in [2.45, 2.75) is 12.3 Å². The molecule has 0 aliphatic heterocycles. The molecule has 1 aliphatic carbocycles. The largest absolute Gasteiger partial charge is 0.323 e. The van der Waals surface area contributed by atoms with Crippen molar-refractivity contribution >= 4 is 27.5 Å². The van der Waals surface area contributed by atoms with Crippen LogP contribution in [-0.2, 0) is 11.8 Å². The van der Waals surface area contributed by atoms with Crippen molar-refractivity contribution < 1.29 is 4.79 Å². The number of halogens is 1. The molecule has 4 nitrogen and oxygen atoms in total. The van der Waals surface area contributed by atoms with Gasteiger partial charge in [-0.15, -0.1) is 0 Å². The first kappa shape index (κ1) is 12.4. The Morgan fingerprint density at radius 2 is 2.16 bits per heavy atom. The van der Waals surface area contributed by atoms with Crippen LogP contribution in [0.2, 0.25) is 0 Å². The summed E-state index contributed by atoms with van der Waals surface area (Å²) in [5.41, 5.74) is 1.99. The SMILES string of the molecule is Cn1cc(NC(=O)[C@@H]2C[C@H]2c2ccc(Br)cc2)cn1. The van der Waals surface area contributed by atoms with E-state index in [1.807, 2.05) is 19.2 Å². The molecule has 1 N–H and O–H groups in total. The van der Waals surface area contributed by atoms with E-state index in [0.717, 1.165) is 16.6 Å². The molecule has 0 bridgehead atoms. The van der Waals surface area contributed by atoms with Crippen LogP contribution in [-0.4, -0.2) is 15.7 Å². The van der Waals surface area contributed by atoms with Gasteiger partial charge in [0.1, 0.15) is 0 Å². The average molecular weight is 320 g/mol. The molecule has 19 heavy (non-hydrogen) atoms. The molecule has 1 heterocycles. The quantitative estimate of drug-likeness (QED) is 0.945. The van der Waals surface area contributed by atoms with Gasteiger partial charge >= 0.3 is 0 Å². The molecule has 1 aliphatic rings. The van der Waals surface area contributed by atoms with Crippen LogP contribution in [0.3, 0.4) is 0 Å². The Kier molecular flexibility index (Phi) is 3.14. The molecule has 1 saturated carbocycles. The fourth-order valence-electron chi connectivity index (χ4n) is 2.28. The highest BCUT2D eigenvalue weighted by Crippen LogP contribution is 2.48. The number of benzene rings is 1. The van der Waals surface area contributed by atoms with E-state index >= 15 is 0 Å². The molecule has 1 amide bonds. The van der Waals surface area contributed by atoms with E-state index in [9.17, 15) is 4.79 Å². The zero-order valence-electron chi connectivity index (χ0n) is 10.5. The third kappa shape index (κ3) is 2.71. The zero-order chi connectivity index (χ0) is 13.4. The number of hydrogen-bond donors (Lipinski definition) is 1. The Morgan fingerprint density at radius 3 is 2.79 bits per heavy atom. The molecule has 1 fully saturated rings.